The molecule has 3 aliphatic heterocycles. The van der Waals surface area contributed by atoms with Crippen LogP contribution in [-0.2, 0) is 80.0 Å². The molecule has 0 aliphatic carbocycles. The van der Waals surface area contributed by atoms with Crippen LogP contribution < -0.4 is 18.3 Å². The van der Waals surface area contributed by atoms with E-state index in [1.54, 1.807) is 23.2 Å². The minimum absolute atomic E-state index is 0. The predicted octanol–water partition coefficient (Wildman–Crippen LogP) is 26.4. The molecule has 14 heteroatoms. The Morgan fingerprint density at radius 1 is 0.300 bits per heavy atom. The summed E-state index contributed by atoms with van der Waals surface area (Å²) in [5.74, 6) is 1.10. The quantitative estimate of drug-likeness (QED) is 0.0999. The number of benzene rings is 13. The molecule has 2 radical (unpaired) electrons. The van der Waals surface area contributed by atoms with Crippen LogP contribution in [0.25, 0.3) is 135 Å². The van der Waals surface area contributed by atoms with Crippen molar-refractivity contribution in [3.05, 3.63) is 581 Å². The number of hydrogen-bond acceptors (Lipinski definition) is 6. The van der Waals surface area contributed by atoms with Crippen molar-refractivity contribution < 1.29 is 88.2 Å². The van der Waals surface area contributed by atoms with Crippen LogP contribution >= 0.6 is 0 Å². The molecule has 12 heterocycles. The van der Waals surface area contributed by atoms with E-state index < -0.39 is 0 Å². The van der Waals surface area contributed by atoms with E-state index >= 15 is 0 Å². The first kappa shape index (κ1) is 90.6. The fourth-order valence-electron chi connectivity index (χ4n) is 15.5. The minimum atomic E-state index is -0.344. The SMILES string of the molecule is Cc1cc(-c2[c-]cccc2)ncc1-c1ccccc1.Cc1cc[n+]2c(n1)-c1ccccc1C2.Cc1ccccc1-c1ccc(-c2[c-]cccc2)nc1.[2H]c1c[n+]2c(c([2H])c1[2H])-c1c([2H])c([2H])c([2H])c([2H])c1C2.[Ir+3].[Ir].[Ir].[c-]1ccccc1-[n+]1[c-]n(-c2ccccc2)cc1.[c-]1ccccc1-c1ccccn1.[c-]1ccccc1-c1ccccn1.[c-]1ccccc1-c1ccccn1.c1ccc(-c2ccc3c(c2)-c2cccc[n+]2C3)cc1. The Bertz CT molecular complexity index is 7640. The van der Waals surface area contributed by atoms with Gasteiger partial charge in [-0.05, 0) is 153 Å². The van der Waals surface area contributed by atoms with Crippen molar-refractivity contribution in [1.29, 1.82) is 0 Å². The van der Waals surface area contributed by atoms with E-state index in [2.05, 4.69) is 266 Å². The van der Waals surface area contributed by atoms with Crippen molar-refractivity contribution >= 4 is 0 Å². The van der Waals surface area contributed by atoms with Crippen molar-refractivity contribution in [2.45, 2.75) is 40.4 Å². The van der Waals surface area contributed by atoms with Crippen LogP contribution in [0.5, 0.6) is 0 Å². The molecule has 11 nitrogen and oxygen atoms in total. The molecule has 25 rings (SSSR count). The number of hydrogen-bond donors (Lipinski definition) is 0. The first-order chi connectivity index (χ1) is 70.6. The Kier molecular flexibility index (Phi) is 33.6. The molecule has 684 valence electrons. The molecule has 0 saturated heterocycles. The van der Waals surface area contributed by atoms with Crippen molar-refractivity contribution in [2.24, 2.45) is 0 Å². The van der Waals surface area contributed by atoms with Gasteiger partial charge in [0.05, 0.1) is 38.2 Å². The summed E-state index contributed by atoms with van der Waals surface area (Å²) in [5, 5.41) is 0. The molecule has 9 aromatic heterocycles. The zero-order valence-electron chi connectivity index (χ0n) is 83.9. The van der Waals surface area contributed by atoms with E-state index in [-0.39, 0.29) is 120 Å². The molecule has 0 N–H and O–H groups in total. The second kappa shape index (κ2) is 51.9. The van der Waals surface area contributed by atoms with Gasteiger partial charge in [-0.2, -0.15) is 39.5 Å². The molecule has 0 spiro atoms. The molecule has 0 unspecified atom stereocenters. The van der Waals surface area contributed by atoms with Gasteiger partial charge in [-0.25, -0.2) is 4.57 Å². The van der Waals surface area contributed by atoms with E-state index in [1.165, 1.54) is 73.1 Å². The third-order valence-electron chi connectivity index (χ3n) is 22.4. The summed E-state index contributed by atoms with van der Waals surface area (Å²) in [4.78, 5) is 26.3. The molecule has 22 aromatic rings. The minimum Gasteiger partial charge on any atom is -0.321 e. The van der Waals surface area contributed by atoms with Crippen LogP contribution in [0.4, 0.5) is 0 Å². The average molecular weight is 2350 g/mol. The summed E-state index contributed by atoms with van der Waals surface area (Å²) in [6.07, 6.45) is 22.1. The summed E-state index contributed by atoms with van der Waals surface area (Å²) in [5.41, 5.74) is 30.7. The predicted molar refractivity (Wildman–Crippen MR) is 549 cm³/mol. The van der Waals surface area contributed by atoms with E-state index in [0.717, 1.165) is 97.8 Å². The largest absolute Gasteiger partial charge is 3.00 e. The number of para-hydroxylation sites is 2. The number of nitrogens with zero attached hydrogens (tertiary/aromatic N) is 11. The number of aryl methyl sites for hydroxylation is 3. The Morgan fingerprint density at radius 3 is 1.34 bits per heavy atom. The van der Waals surface area contributed by atoms with Gasteiger partial charge in [0, 0.05) is 143 Å². The maximum Gasteiger partial charge on any atom is 3.00 e. The van der Waals surface area contributed by atoms with Crippen molar-refractivity contribution in [2.75, 3.05) is 0 Å². The molecule has 0 saturated carbocycles. The van der Waals surface area contributed by atoms with Gasteiger partial charge in [-0.3, -0.25) is 4.57 Å². The fourth-order valence-corrected chi connectivity index (χ4v) is 15.5. The maximum atomic E-state index is 7.97. The second-order valence-corrected chi connectivity index (χ2v) is 31.7. The molecule has 0 atom stereocenters. The van der Waals surface area contributed by atoms with Crippen molar-refractivity contribution in [3.63, 3.8) is 0 Å². The van der Waals surface area contributed by atoms with Crippen LogP contribution in [0.1, 0.15) is 43.1 Å². The third-order valence-corrected chi connectivity index (χ3v) is 22.4. The van der Waals surface area contributed by atoms with E-state index in [0.29, 0.717) is 5.56 Å². The number of pyridine rings is 7. The van der Waals surface area contributed by atoms with Crippen LogP contribution in [0.15, 0.2) is 505 Å². The van der Waals surface area contributed by atoms with Crippen LogP contribution in [0.2, 0.25) is 0 Å². The molecular weight excluding hydrogens is 2240 g/mol. The van der Waals surface area contributed by atoms with Gasteiger partial charge in [0.1, 0.15) is 6.54 Å². The van der Waals surface area contributed by atoms with Gasteiger partial charge in [-0.1, -0.05) is 206 Å². The summed E-state index contributed by atoms with van der Waals surface area (Å²) in [6, 6.07) is 152. The summed E-state index contributed by atoms with van der Waals surface area (Å²) >= 11 is 0. The van der Waals surface area contributed by atoms with E-state index in [4.69, 9.17) is 9.60 Å². The third kappa shape index (κ3) is 27.1. The number of rotatable bonds is 10. The topological polar surface area (TPSA) is 97.8 Å². The molecular formula is C126H98Ir3N11. The van der Waals surface area contributed by atoms with Crippen LogP contribution in [0.3, 0.4) is 0 Å². The molecule has 13 aromatic carbocycles. The molecule has 0 fully saturated rings. The average Bonchev–Trinajstić information content (AvgIpc) is 1.59. The number of fused-ring (bicyclic) bond motifs is 9. The zero-order chi connectivity index (χ0) is 99.3. The molecule has 3 aliphatic rings. The normalized spacial score (nSPS) is 11.3. The Labute approximate surface area is 872 Å². The van der Waals surface area contributed by atoms with Gasteiger partial charge in [0.25, 0.3) is 6.33 Å². The Hall–Kier alpha value is -15.9. The van der Waals surface area contributed by atoms with Gasteiger partial charge in [0.2, 0.25) is 11.4 Å². The smallest absolute Gasteiger partial charge is 0.321 e. The fraction of sp³-hybridized carbons (Fsp3) is 0.0476. The van der Waals surface area contributed by atoms with Crippen molar-refractivity contribution in [3.8, 4) is 135 Å². The molecule has 0 bridgehead atoms. The van der Waals surface area contributed by atoms with Gasteiger partial charge >= 0.3 is 25.9 Å². The summed E-state index contributed by atoms with van der Waals surface area (Å²) in [6.45, 7) is 8.41. The van der Waals surface area contributed by atoms with Crippen molar-refractivity contribution in [1.82, 2.24) is 34.5 Å². The number of imidazole rings is 1. The first-order valence-corrected chi connectivity index (χ1v) is 45.0. The summed E-state index contributed by atoms with van der Waals surface area (Å²) in [7, 11) is 0. The Morgan fingerprint density at radius 2 is 0.779 bits per heavy atom. The standard InChI is InChI=1S/3C18H14N.C15H11N2.C12H11N2.C12H10N.3C11H8N.3Ir/c1-2-6-14(7-3-1)15-9-10-16-13-19-11-5-4-8-18(19)17(16)12-15;1-14-12-18(16-10-6-3-7-11-16)19-13-17(14)15-8-4-2-5-9-15;1-14-7-5-6-10-17(14)16-11-12-18(19-13-16)15-8-3-2-4-9-15;1-3-7-14(8-4-1)16-11-12-17(13-16)15-9-5-2-6-10-15;1-9-6-7-14-8-10-4-2-3-5-11(10)12(14)13-9;1-2-6-11-10(5-1)9-13-8-4-3-7-12(11)13;3*1-2-6-10(7-3-1)11-8-4-5-9-12-11;;;/h1-12H,13H2;2-10,12-13H,1H3;2-8,10-13H,1H3;1-9,11-12H;2-7H,8H2,1H3;1-8H,9H2;3*1-6,8-9H;;;/q+1;3*-1;2*+1;3*-1;;;+3/i;;;;;1D,2D,3D,4D,5D,6D,7D;;;;;;. The van der Waals surface area contributed by atoms with Gasteiger partial charge in [-0.15, -0.1) is 179 Å². The Balaban J connectivity index is 0.000000131. The molecule has 140 heavy (non-hydrogen) atoms. The monoisotopic (exact) mass is 2350 g/mol. The van der Waals surface area contributed by atoms with Gasteiger partial charge < -0.3 is 29.5 Å². The zero-order valence-corrected chi connectivity index (χ0v) is 84.1. The maximum absolute atomic E-state index is 7.97. The second-order valence-electron chi connectivity index (χ2n) is 31.7. The van der Waals surface area contributed by atoms with Gasteiger partial charge in [0.15, 0.2) is 31.2 Å². The number of aromatic nitrogens is 11. The van der Waals surface area contributed by atoms with E-state index in [9.17, 15) is 0 Å². The van der Waals surface area contributed by atoms with Crippen LogP contribution in [0, 0.1) is 63.5 Å². The van der Waals surface area contributed by atoms with Crippen LogP contribution in [-0.4, -0.2) is 34.5 Å². The summed E-state index contributed by atoms with van der Waals surface area (Å²) < 4.78 is 64.5. The first-order valence-electron chi connectivity index (χ1n) is 48.5. The van der Waals surface area contributed by atoms with E-state index in [1.807, 2.05) is 283 Å². The molecule has 0 amide bonds.